The average Bonchev–Trinajstić information content (AvgIpc) is 2.37. The molecule has 0 bridgehead atoms. The van der Waals surface area contributed by atoms with Crippen LogP contribution >= 0.6 is 0 Å². The normalized spacial score (nSPS) is 12.1. The van der Waals surface area contributed by atoms with E-state index in [0.29, 0.717) is 12.5 Å². The summed E-state index contributed by atoms with van der Waals surface area (Å²) in [6.45, 7) is 8.30. The molecule has 0 radical (unpaired) electrons. The Balaban J connectivity index is 2.68. The van der Waals surface area contributed by atoms with Gasteiger partial charge in [-0.15, -0.1) is 0 Å². The molecule has 0 heterocycles. The van der Waals surface area contributed by atoms with Crippen LogP contribution < -0.4 is 10.6 Å². The Morgan fingerprint density at radius 1 is 1.25 bits per heavy atom. The van der Waals surface area contributed by atoms with Gasteiger partial charge in [0.25, 0.3) is 0 Å². The van der Waals surface area contributed by atoms with Crippen molar-refractivity contribution in [1.82, 2.24) is 5.32 Å². The summed E-state index contributed by atoms with van der Waals surface area (Å²) < 4.78 is 0. The van der Waals surface area contributed by atoms with Crippen molar-refractivity contribution < 1.29 is 14.7 Å². The van der Waals surface area contributed by atoms with E-state index in [9.17, 15) is 9.59 Å². The summed E-state index contributed by atoms with van der Waals surface area (Å²) in [5, 5.41) is 14.9. The van der Waals surface area contributed by atoms with Crippen LogP contribution in [0.2, 0.25) is 0 Å². The quantitative estimate of drug-likeness (QED) is 0.746. The van der Waals surface area contributed by atoms with Crippen LogP contribution in [0.25, 0.3) is 0 Å². The second-order valence-corrected chi connectivity index (χ2v) is 5.34. The SMILES string of the molecule is Cc1cc(C(=O)O)ccc1NC(C)C(=O)NCC(C)C. The number of rotatable bonds is 6. The minimum absolute atomic E-state index is 0.0691. The second kappa shape index (κ2) is 6.93. The molecule has 0 saturated heterocycles. The van der Waals surface area contributed by atoms with E-state index in [1.165, 1.54) is 6.07 Å². The van der Waals surface area contributed by atoms with Crippen LogP contribution in [0.1, 0.15) is 36.7 Å². The van der Waals surface area contributed by atoms with Gasteiger partial charge in [-0.2, -0.15) is 0 Å². The monoisotopic (exact) mass is 278 g/mol. The summed E-state index contributed by atoms with van der Waals surface area (Å²) in [7, 11) is 0. The summed E-state index contributed by atoms with van der Waals surface area (Å²) in [6.07, 6.45) is 0. The third-order valence-electron chi connectivity index (χ3n) is 2.92. The molecule has 3 N–H and O–H groups in total. The van der Waals surface area contributed by atoms with Gasteiger partial charge in [0.05, 0.1) is 5.56 Å². The summed E-state index contributed by atoms with van der Waals surface area (Å²) in [5.74, 6) is -0.620. The summed E-state index contributed by atoms with van der Waals surface area (Å²) in [4.78, 5) is 22.7. The van der Waals surface area contributed by atoms with Gasteiger partial charge in [-0.05, 0) is 43.5 Å². The number of aromatic carboxylic acids is 1. The molecule has 5 heteroatoms. The van der Waals surface area contributed by atoms with Gasteiger partial charge in [-0.1, -0.05) is 13.8 Å². The Kier molecular flexibility index (Phi) is 5.55. The molecule has 1 rings (SSSR count). The topological polar surface area (TPSA) is 78.4 Å². The molecular weight excluding hydrogens is 256 g/mol. The fraction of sp³-hybridized carbons (Fsp3) is 0.467. The van der Waals surface area contributed by atoms with Crippen LogP contribution in [0, 0.1) is 12.8 Å². The number of carboxylic acid groups (broad SMARTS) is 1. The second-order valence-electron chi connectivity index (χ2n) is 5.34. The molecule has 1 unspecified atom stereocenters. The summed E-state index contributed by atoms with van der Waals surface area (Å²) in [6, 6.07) is 4.42. The maximum Gasteiger partial charge on any atom is 0.335 e. The van der Waals surface area contributed by atoms with Gasteiger partial charge in [0.1, 0.15) is 6.04 Å². The van der Waals surface area contributed by atoms with E-state index in [2.05, 4.69) is 10.6 Å². The first-order chi connectivity index (χ1) is 9.31. The number of anilines is 1. The fourth-order valence-corrected chi connectivity index (χ4v) is 1.72. The van der Waals surface area contributed by atoms with Crippen LogP contribution in [-0.4, -0.2) is 29.6 Å². The number of carbonyl (C=O) groups excluding carboxylic acids is 1. The largest absolute Gasteiger partial charge is 0.478 e. The molecule has 1 atom stereocenters. The van der Waals surface area contributed by atoms with Gasteiger partial charge in [0, 0.05) is 12.2 Å². The van der Waals surface area contributed by atoms with E-state index in [1.807, 2.05) is 20.8 Å². The highest BCUT2D eigenvalue weighted by molar-refractivity contribution is 5.89. The number of carboxylic acids is 1. The van der Waals surface area contributed by atoms with E-state index in [0.717, 1.165) is 11.3 Å². The molecule has 1 amide bonds. The molecule has 0 aliphatic carbocycles. The van der Waals surface area contributed by atoms with Crippen molar-refractivity contribution in [2.24, 2.45) is 5.92 Å². The van der Waals surface area contributed by atoms with Crippen molar-refractivity contribution in [1.29, 1.82) is 0 Å². The predicted molar refractivity (Wildman–Crippen MR) is 79.1 cm³/mol. The van der Waals surface area contributed by atoms with Crippen molar-refractivity contribution in [2.75, 3.05) is 11.9 Å². The van der Waals surface area contributed by atoms with E-state index in [-0.39, 0.29) is 17.5 Å². The third kappa shape index (κ3) is 4.57. The number of carbonyl (C=O) groups is 2. The molecule has 0 saturated carbocycles. The Labute approximate surface area is 119 Å². The molecule has 0 fully saturated rings. The number of benzene rings is 1. The van der Waals surface area contributed by atoms with Crippen molar-refractivity contribution in [3.05, 3.63) is 29.3 Å². The number of amides is 1. The summed E-state index contributed by atoms with van der Waals surface area (Å²) in [5.41, 5.74) is 1.81. The smallest absolute Gasteiger partial charge is 0.335 e. The Morgan fingerprint density at radius 2 is 1.90 bits per heavy atom. The van der Waals surface area contributed by atoms with Crippen LogP contribution in [-0.2, 0) is 4.79 Å². The summed E-state index contributed by atoms with van der Waals surface area (Å²) >= 11 is 0. The van der Waals surface area contributed by atoms with E-state index < -0.39 is 5.97 Å². The number of hydrogen-bond donors (Lipinski definition) is 3. The zero-order valence-electron chi connectivity index (χ0n) is 12.4. The molecule has 1 aromatic rings. The van der Waals surface area contributed by atoms with Gasteiger partial charge in [-0.25, -0.2) is 4.79 Å². The first-order valence-electron chi connectivity index (χ1n) is 6.69. The minimum atomic E-state index is -0.956. The number of nitrogens with one attached hydrogen (secondary N) is 2. The highest BCUT2D eigenvalue weighted by atomic mass is 16.4. The molecule has 0 aromatic heterocycles. The van der Waals surface area contributed by atoms with E-state index in [4.69, 9.17) is 5.11 Å². The third-order valence-corrected chi connectivity index (χ3v) is 2.92. The van der Waals surface area contributed by atoms with E-state index >= 15 is 0 Å². The zero-order valence-corrected chi connectivity index (χ0v) is 12.4. The van der Waals surface area contributed by atoms with Crippen molar-refractivity contribution in [3.8, 4) is 0 Å². The molecular formula is C15H22N2O3. The lowest BCUT2D eigenvalue weighted by atomic mass is 10.1. The van der Waals surface area contributed by atoms with Gasteiger partial charge in [0.15, 0.2) is 0 Å². The Hall–Kier alpha value is -2.04. The zero-order chi connectivity index (χ0) is 15.3. The molecule has 0 aliphatic heterocycles. The Morgan fingerprint density at radius 3 is 2.40 bits per heavy atom. The van der Waals surface area contributed by atoms with Crippen molar-refractivity contribution in [3.63, 3.8) is 0 Å². The van der Waals surface area contributed by atoms with Crippen molar-refractivity contribution in [2.45, 2.75) is 33.7 Å². The lowest BCUT2D eigenvalue weighted by Crippen LogP contribution is -2.39. The lowest BCUT2D eigenvalue weighted by Gasteiger charge is -2.17. The first kappa shape index (κ1) is 16.0. The maximum absolute atomic E-state index is 11.9. The van der Waals surface area contributed by atoms with E-state index in [1.54, 1.807) is 19.1 Å². The van der Waals surface area contributed by atoms with Crippen LogP contribution in [0.3, 0.4) is 0 Å². The maximum atomic E-state index is 11.9. The molecule has 5 nitrogen and oxygen atoms in total. The highest BCUT2D eigenvalue weighted by Crippen LogP contribution is 2.17. The molecule has 0 spiro atoms. The molecule has 20 heavy (non-hydrogen) atoms. The minimum Gasteiger partial charge on any atom is -0.478 e. The van der Waals surface area contributed by atoms with Gasteiger partial charge >= 0.3 is 5.97 Å². The first-order valence-corrected chi connectivity index (χ1v) is 6.69. The molecule has 110 valence electrons. The number of aryl methyl sites for hydroxylation is 1. The Bertz CT molecular complexity index is 498. The van der Waals surface area contributed by atoms with Crippen LogP contribution in [0.15, 0.2) is 18.2 Å². The molecule has 1 aromatic carbocycles. The van der Waals surface area contributed by atoms with Gasteiger partial charge < -0.3 is 15.7 Å². The lowest BCUT2D eigenvalue weighted by molar-refractivity contribution is -0.121. The fourth-order valence-electron chi connectivity index (χ4n) is 1.72. The predicted octanol–water partition coefficient (Wildman–Crippen LogP) is 2.27. The van der Waals surface area contributed by atoms with Crippen LogP contribution in [0.4, 0.5) is 5.69 Å². The van der Waals surface area contributed by atoms with Crippen molar-refractivity contribution >= 4 is 17.6 Å². The van der Waals surface area contributed by atoms with Crippen LogP contribution in [0.5, 0.6) is 0 Å². The average molecular weight is 278 g/mol. The van der Waals surface area contributed by atoms with Gasteiger partial charge in [-0.3, -0.25) is 4.79 Å². The number of hydrogen-bond acceptors (Lipinski definition) is 3. The van der Waals surface area contributed by atoms with Gasteiger partial charge in [0.2, 0.25) is 5.91 Å². The standard InChI is InChI=1S/C15H22N2O3/c1-9(2)8-16-14(18)11(4)17-13-6-5-12(15(19)20)7-10(13)3/h5-7,9,11,17H,8H2,1-4H3,(H,16,18)(H,19,20). The molecule has 0 aliphatic rings. The highest BCUT2D eigenvalue weighted by Gasteiger charge is 2.14.